The zero-order chi connectivity index (χ0) is 15.6. The van der Waals surface area contributed by atoms with Crippen LogP contribution in [0.4, 0.5) is 0 Å². The number of aliphatic imine (C=N–C) groups is 1. The van der Waals surface area contributed by atoms with Crippen molar-refractivity contribution in [3.05, 3.63) is 48.3 Å². The van der Waals surface area contributed by atoms with E-state index in [4.69, 9.17) is 4.74 Å². The van der Waals surface area contributed by atoms with Crippen LogP contribution in [0.5, 0.6) is 5.75 Å². The van der Waals surface area contributed by atoms with Crippen molar-refractivity contribution >= 4 is 29.9 Å². The number of guanidine groups is 1. The van der Waals surface area contributed by atoms with Gasteiger partial charge < -0.3 is 15.0 Å². The van der Waals surface area contributed by atoms with Gasteiger partial charge in [-0.25, -0.2) is 4.99 Å². The molecule has 0 saturated heterocycles. The number of ether oxygens (including phenoxy) is 1. The van der Waals surface area contributed by atoms with Crippen LogP contribution in [0, 0.1) is 0 Å². The molecule has 1 heterocycles. The molecule has 0 saturated carbocycles. The predicted octanol–water partition coefficient (Wildman–Crippen LogP) is 2.50. The third kappa shape index (κ3) is 6.89. The van der Waals surface area contributed by atoms with Crippen LogP contribution in [0.1, 0.15) is 12.6 Å². The van der Waals surface area contributed by atoms with E-state index >= 15 is 0 Å². The van der Waals surface area contributed by atoms with E-state index < -0.39 is 0 Å². The van der Waals surface area contributed by atoms with Gasteiger partial charge in [0.05, 0.1) is 18.8 Å². The van der Waals surface area contributed by atoms with Gasteiger partial charge in [0.25, 0.3) is 0 Å². The van der Waals surface area contributed by atoms with E-state index in [2.05, 4.69) is 32.3 Å². The van der Waals surface area contributed by atoms with Crippen LogP contribution >= 0.6 is 24.0 Å². The highest BCUT2D eigenvalue weighted by Crippen LogP contribution is 2.07. The summed E-state index contributed by atoms with van der Waals surface area (Å²) >= 11 is 0. The Morgan fingerprint density at radius 2 is 2.09 bits per heavy atom. The van der Waals surface area contributed by atoms with Crippen LogP contribution in [0.3, 0.4) is 0 Å². The lowest BCUT2D eigenvalue weighted by Crippen LogP contribution is -2.40. The molecular formula is C16H24IN5O. The summed E-state index contributed by atoms with van der Waals surface area (Å²) < 4.78 is 5.71. The molecule has 2 N–H and O–H groups in total. The zero-order valence-electron chi connectivity index (χ0n) is 13.5. The van der Waals surface area contributed by atoms with Crippen LogP contribution in [0.15, 0.2) is 47.6 Å². The third-order valence-electron chi connectivity index (χ3n) is 3.09. The van der Waals surface area contributed by atoms with Crippen molar-refractivity contribution in [2.75, 3.05) is 26.7 Å². The van der Waals surface area contributed by atoms with Crippen LogP contribution in [0.2, 0.25) is 0 Å². The van der Waals surface area contributed by atoms with E-state index in [0.29, 0.717) is 13.2 Å². The summed E-state index contributed by atoms with van der Waals surface area (Å²) in [5.41, 5.74) is 0.990. The second kappa shape index (κ2) is 10.9. The Labute approximate surface area is 154 Å². The minimum Gasteiger partial charge on any atom is -0.492 e. The van der Waals surface area contributed by atoms with Gasteiger partial charge in [0.15, 0.2) is 5.96 Å². The maximum absolute atomic E-state index is 5.71. The average molecular weight is 429 g/mol. The smallest absolute Gasteiger partial charge is 0.194 e. The molecule has 6 nitrogen and oxygen atoms in total. The number of hydrogen-bond acceptors (Lipinski definition) is 3. The average Bonchev–Trinajstić information content (AvgIpc) is 3.05. The Bertz CT molecular complexity index is 559. The molecule has 0 aliphatic carbocycles. The van der Waals surface area contributed by atoms with E-state index in [1.807, 2.05) is 43.4 Å². The molecule has 0 radical (unpaired) electrons. The third-order valence-corrected chi connectivity index (χ3v) is 3.09. The molecule has 23 heavy (non-hydrogen) atoms. The molecule has 0 aliphatic heterocycles. The molecule has 0 spiro atoms. The minimum atomic E-state index is 0. The van der Waals surface area contributed by atoms with Crippen molar-refractivity contribution in [2.45, 2.75) is 13.5 Å². The van der Waals surface area contributed by atoms with Crippen molar-refractivity contribution in [2.24, 2.45) is 4.99 Å². The SMILES string of the molecule is CCNC(=NCc1ccn[nH]1)N(C)CCOc1ccccc1.I. The zero-order valence-corrected chi connectivity index (χ0v) is 15.9. The number of rotatable bonds is 7. The summed E-state index contributed by atoms with van der Waals surface area (Å²) in [6, 6.07) is 11.7. The summed E-state index contributed by atoms with van der Waals surface area (Å²) in [6.45, 7) is 4.82. The normalized spacial score (nSPS) is 10.8. The molecule has 1 aromatic carbocycles. The van der Waals surface area contributed by atoms with Gasteiger partial charge in [-0.2, -0.15) is 5.10 Å². The summed E-state index contributed by atoms with van der Waals surface area (Å²) in [4.78, 5) is 6.64. The van der Waals surface area contributed by atoms with Gasteiger partial charge in [-0.3, -0.25) is 5.10 Å². The standard InChI is InChI=1S/C16H23N5O.HI/c1-3-17-16(18-13-14-9-10-19-20-14)21(2)11-12-22-15-7-5-4-6-8-15;/h4-10H,3,11-13H2,1-2H3,(H,17,18)(H,19,20);1H. The minimum absolute atomic E-state index is 0. The highest BCUT2D eigenvalue weighted by Gasteiger charge is 2.06. The van der Waals surface area contributed by atoms with Crippen LogP contribution in [-0.2, 0) is 6.54 Å². The molecule has 0 amide bonds. The lowest BCUT2D eigenvalue weighted by atomic mass is 10.3. The molecule has 7 heteroatoms. The lowest BCUT2D eigenvalue weighted by Gasteiger charge is -2.22. The van der Waals surface area contributed by atoms with E-state index in [1.165, 1.54) is 0 Å². The van der Waals surface area contributed by atoms with E-state index in [0.717, 1.165) is 30.5 Å². The van der Waals surface area contributed by atoms with Crippen molar-refractivity contribution in [1.29, 1.82) is 0 Å². The number of H-pyrrole nitrogens is 1. The summed E-state index contributed by atoms with van der Waals surface area (Å²) in [7, 11) is 2.00. The van der Waals surface area contributed by atoms with Gasteiger partial charge >= 0.3 is 0 Å². The second-order valence-electron chi connectivity index (χ2n) is 4.84. The highest BCUT2D eigenvalue weighted by molar-refractivity contribution is 14.0. The quantitative estimate of drug-likeness (QED) is 0.404. The molecule has 2 aromatic rings. The van der Waals surface area contributed by atoms with E-state index in [9.17, 15) is 0 Å². The largest absolute Gasteiger partial charge is 0.492 e. The maximum atomic E-state index is 5.71. The topological polar surface area (TPSA) is 65.5 Å². The van der Waals surface area contributed by atoms with Gasteiger partial charge in [0, 0.05) is 19.8 Å². The Morgan fingerprint density at radius 1 is 1.30 bits per heavy atom. The fourth-order valence-electron chi connectivity index (χ4n) is 1.93. The number of halogens is 1. The van der Waals surface area contributed by atoms with Crippen molar-refractivity contribution < 1.29 is 4.74 Å². The number of nitrogens with zero attached hydrogens (tertiary/aromatic N) is 3. The first kappa shape index (κ1) is 19.3. The molecule has 0 fully saturated rings. The Hall–Kier alpha value is -1.77. The maximum Gasteiger partial charge on any atom is 0.194 e. The van der Waals surface area contributed by atoms with Gasteiger partial charge in [0.2, 0.25) is 0 Å². The first-order chi connectivity index (χ1) is 10.8. The van der Waals surface area contributed by atoms with Crippen molar-refractivity contribution in [1.82, 2.24) is 20.4 Å². The number of para-hydroxylation sites is 1. The Morgan fingerprint density at radius 3 is 2.74 bits per heavy atom. The molecular weight excluding hydrogens is 405 g/mol. The predicted molar refractivity (Wildman–Crippen MR) is 103 cm³/mol. The second-order valence-corrected chi connectivity index (χ2v) is 4.84. The molecule has 1 aromatic heterocycles. The highest BCUT2D eigenvalue weighted by atomic mass is 127. The monoisotopic (exact) mass is 429 g/mol. The summed E-state index contributed by atoms with van der Waals surface area (Å²) in [6.07, 6.45) is 1.73. The molecule has 0 atom stereocenters. The van der Waals surface area contributed by atoms with Crippen molar-refractivity contribution in [3.8, 4) is 5.75 Å². The Kier molecular flexibility index (Phi) is 9.11. The number of benzene rings is 1. The lowest BCUT2D eigenvalue weighted by molar-refractivity contribution is 0.281. The summed E-state index contributed by atoms with van der Waals surface area (Å²) in [5, 5.41) is 10.1. The number of aromatic nitrogens is 2. The number of nitrogens with one attached hydrogen (secondary N) is 2. The summed E-state index contributed by atoms with van der Waals surface area (Å²) in [5.74, 6) is 1.74. The van der Waals surface area contributed by atoms with Gasteiger partial charge in [-0.15, -0.1) is 24.0 Å². The Balaban J connectivity index is 0.00000264. The van der Waals surface area contributed by atoms with Gasteiger partial charge in [-0.05, 0) is 25.1 Å². The number of likely N-dealkylation sites (N-methyl/N-ethyl adjacent to an activating group) is 1. The van der Waals surface area contributed by atoms with Gasteiger partial charge in [0.1, 0.15) is 12.4 Å². The first-order valence-electron chi connectivity index (χ1n) is 7.45. The fourth-order valence-corrected chi connectivity index (χ4v) is 1.93. The number of aromatic amines is 1. The van der Waals surface area contributed by atoms with E-state index in [1.54, 1.807) is 6.20 Å². The fraction of sp³-hybridized carbons (Fsp3) is 0.375. The number of hydrogen-bond donors (Lipinski definition) is 2. The van der Waals surface area contributed by atoms with Crippen LogP contribution in [0.25, 0.3) is 0 Å². The van der Waals surface area contributed by atoms with Crippen molar-refractivity contribution in [3.63, 3.8) is 0 Å². The van der Waals surface area contributed by atoms with Crippen LogP contribution in [-0.4, -0.2) is 47.8 Å². The molecule has 126 valence electrons. The molecule has 0 aliphatic rings. The molecule has 0 bridgehead atoms. The van der Waals surface area contributed by atoms with Crippen LogP contribution < -0.4 is 10.1 Å². The van der Waals surface area contributed by atoms with Gasteiger partial charge in [-0.1, -0.05) is 18.2 Å². The van der Waals surface area contributed by atoms with E-state index in [-0.39, 0.29) is 24.0 Å². The molecule has 0 unspecified atom stereocenters. The molecule has 2 rings (SSSR count). The first-order valence-corrected chi connectivity index (χ1v) is 7.45.